The standard InChI is InChI=1S/C32H27ClF5N7O2S/c1-14-19(5-7-39)45(12-20(36)37)30-23-26(42-31(43-30)46-13-32-6-2-8-44(32)11-15(34)9-32)25(38)22(24(33)27(23)47-14)16-3-4-18(35)28-21(16)17(10-40)29(41)48-28/h3-4,14-15,19-20H,2,5-6,8-9,11-13,41H2,1H3/t14?,15-,19?,32+/m1/s1. The Balaban J connectivity index is 1.49. The lowest BCUT2D eigenvalue weighted by molar-refractivity contribution is 0.107. The summed E-state index contributed by atoms with van der Waals surface area (Å²) in [6, 6.07) is 4.97. The Bertz CT molecular complexity index is 2050. The maximum absolute atomic E-state index is 17.1. The van der Waals surface area contributed by atoms with Crippen LogP contribution < -0.4 is 20.1 Å². The fourth-order valence-corrected chi connectivity index (χ4v) is 8.70. The van der Waals surface area contributed by atoms with Gasteiger partial charge in [-0.15, -0.1) is 11.3 Å². The molecule has 2 fully saturated rings. The Labute approximate surface area is 280 Å². The second-order valence-electron chi connectivity index (χ2n) is 12.3. The first kappa shape index (κ1) is 32.4. The Morgan fingerprint density at radius 1 is 1.25 bits per heavy atom. The Kier molecular flexibility index (Phi) is 8.13. The van der Waals surface area contributed by atoms with Crippen LogP contribution in [-0.2, 0) is 0 Å². The molecule has 0 radical (unpaired) electrons. The highest BCUT2D eigenvalue weighted by Crippen LogP contribution is 2.52. The molecular weight excluding hydrogens is 677 g/mol. The maximum atomic E-state index is 17.1. The Hall–Kier alpha value is -4.18. The van der Waals surface area contributed by atoms with Gasteiger partial charge >= 0.3 is 6.01 Å². The summed E-state index contributed by atoms with van der Waals surface area (Å²) in [5.41, 5.74) is 4.67. The molecule has 7 rings (SSSR count). The van der Waals surface area contributed by atoms with E-state index in [9.17, 15) is 28.1 Å². The van der Waals surface area contributed by atoms with Crippen molar-refractivity contribution < 1.29 is 31.4 Å². The van der Waals surface area contributed by atoms with E-state index in [0.717, 1.165) is 23.8 Å². The molecule has 0 aliphatic carbocycles. The molecule has 16 heteroatoms. The molecule has 5 heterocycles. The summed E-state index contributed by atoms with van der Waals surface area (Å²) in [7, 11) is 0. The number of nitrogens with zero attached hydrogens (tertiary/aromatic N) is 6. The van der Waals surface area contributed by atoms with Gasteiger partial charge in [0.1, 0.15) is 47.1 Å². The van der Waals surface area contributed by atoms with E-state index in [1.54, 1.807) is 6.92 Å². The van der Waals surface area contributed by atoms with Gasteiger partial charge in [0.15, 0.2) is 11.6 Å². The molecule has 0 spiro atoms. The number of nitrogens with two attached hydrogens (primary N) is 1. The fraction of sp³-hybridized carbons (Fsp3) is 0.438. The van der Waals surface area contributed by atoms with Gasteiger partial charge in [0, 0.05) is 23.9 Å². The number of ether oxygens (including phenoxy) is 2. The van der Waals surface area contributed by atoms with Gasteiger partial charge in [0.2, 0.25) is 0 Å². The van der Waals surface area contributed by atoms with Crippen molar-refractivity contribution in [1.82, 2.24) is 14.9 Å². The number of fused-ring (bicyclic) bond motifs is 2. The van der Waals surface area contributed by atoms with Crippen LogP contribution in [0.25, 0.3) is 32.1 Å². The molecule has 2 aromatic heterocycles. The van der Waals surface area contributed by atoms with Crippen LogP contribution in [0.1, 0.15) is 38.2 Å². The van der Waals surface area contributed by atoms with E-state index in [-0.39, 0.29) is 85.8 Å². The SMILES string of the molecule is CC1Oc2c(Cl)c(-c3ccc(F)c4sc(N)c(C#N)c34)c(F)c3nc(OC[C@@]45CCCN4C[C@H](F)C5)nc(c23)N(CC(F)F)C1CC#N. The van der Waals surface area contributed by atoms with E-state index >= 15 is 4.39 Å². The lowest BCUT2D eigenvalue weighted by Crippen LogP contribution is -2.46. The molecule has 0 saturated carbocycles. The first-order valence-electron chi connectivity index (χ1n) is 15.2. The smallest absolute Gasteiger partial charge is 0.319 e. The molecule has 48 heavy (non-hydrogen) atoms. The molecular formula is C32H27ClF5N7O2S. The normalized spacial score (nSPS) is 23.7. The topological polar surface area (TPSA) is 124 Å². The van der Waals surface area contributed by atoms with Crippen molar-refractivity contribution >= 4 is 54.7 Å². The number of halogens is 6. The van der Waals surface area contributed by atoms with Gasteiger partial charge < -0.3 is 20.1 Å². The Morgan fingerprint density at radius 2 is 2.04 bits per heavy atom. The maximum Gasteiger partial charge on any atom is 0.319 e. The number of thiophene rings is 1. The number of anilines is 2. The van der Waals surface area contributed by atoms with Crippen LogP contribution in [0.2, 0.25) is 5.02 Å². The van der Waals surface area contributed by atoms with Crippen molar-refractivity contribution in [2.75, 3.05) is 36.9 Å². The average molecular weight is 704 g/mol. The molecule has 250 valence electrons. The molecule has 4 atom stereocenters. The quantitative estimate of drug-likeness (QED) is 0.203. The number of benzene rings is 2. The summed E-state index contributed by atoms with van der Waals surface area (Å²) in [4.78, 5) is 12.1. The van der Waals surface area contributed by atoms with Crippen LogP contribution in [0, 0.1) is 34.3 Å². The minimum absolute atomic E-state index is 0.00460. The van der Waals surface area contributed by atoms with E-state index in [1.807, 2.05) is 17.0 Å². The van der Waals surface area contributed by atoms with Crippen LogP contribution in [0.4, 0.5) is 32.8 Å². The third-order valence-electron chi connectivity index (χ3n) is 9.53. The van der Waals surface area contributed by atoms with Gasteiger partial charge in [0.25, 0.3) is 6.43 Å². The number of hydrogen-bond acceptors (Lipinski definition) is 10. The fourth-order valence-electron chi connectivity index (χ4n) is 7.43. The second kappa shape index (κ2) is 12.1. The summed E-state index contributed by atoms with van der Waals surface area (Å²) < 4.78 is 87.1. The third kappa shape index (κ3) is 5.02. The van der Waals surface area contributed by atoms with Gasteiger partial charge in [-0.25, -0.2) is 22.0 Å². The predicted molar refractivity (Wildman–Crippen MR) is 170 cm³/mol. The predicted octanol–water partition coefficient (Wildman–Crippen LogP) is 6.99. The van der Waals surface area contributed by atoms with Crippen molar-refractivity contribution in [3.63, 3.8) is 0 Å². The van der Waals surface area contributed by atoms with E-state index in [0.29, 0.717) is 13.0 Å². The highest BCUT2D eigenvalue weighted by molar-refractivity contribution is 7.23. The first-order valence-corrected chi connectivity index (χ1v) is 16.4. The molecule has 2 saturated heterocycles. The third-order valence-corrected chi connectivity index (χ3v) is 10.9. The van der Waals surface area contributed by atoms with Crippen LogP contribution in [0.15, 0.2) is 12.1 Å². The number of nitriles is 2. The lowest BCUT2D eigenvalue weighted by Gasteiger charge is -2.33. The minimum Gasteiger partial charge on any atom is -0.486 e. The molecule has 0 amide bonds. The van der Waals surface area contributed by atoms with Crippen molar-refractivity contribution in [2.45, 2.75) is 62.9 Å². The van der Waals surface area contributed by atoms with Gasteiger partial charge in [-0.2, -0.15) is 20.5 Å². The van der Waals surface area contributed by atoms with Gasteiger partial charge in [-0.3, -0.25) is 4.90 Å². The van der Waals surface area contributed by atoms with Crippen LogP contribution >= 0.6 is 22.9 Å². The molecule has 3 aliphatic rings. The molecule has 3 aliphatic heterocycles. The highest BCUT2D eigenvalue weighted by Gasteiger charge is 2.49. The summed E-state index contributed by atoms with van der Waals surface area (Å²) in [6.07, 6.45) is -3.42. The molecule has 2 unspecified atom stereocenters. The van der Waals surface area contributed by atoms with E-state index in [1.165, 1.54) is 11.0 Å². The zero-order valence-corrected chi connectivity index (χ0v) is 26.9. The highest BCUT2D eigenvalue weighted by atomic mass is 35.5. The van der Waals surface area contributed by atoms with Crippen molar-refractivity contribution in [3.05, 3.63) is 34.4 Å². The van der Waals surface area contributed by atoms with Crippen LogP contribution in [0.3, 0.4) is 0 Å². The first-order chi connectivity index (χ1) is 23.0. The monoisotopic (exact) mass is 703 g/mol. The van der Waals surface area contributed by atoms with E-state index in [2.05, 4.69) is 9.97 Å². The summed E-state index contributed by atoms with van der Waals surface area (Å²) in [6.45, 7) is 1.59. The summed E-state index contributed by atoms with van der Waals surface area (Å²) in [5.74, 6) is -2.05. The zero-order chi connectivity index (χ0) is 34.1. The number of aromatic nitrogens is 2. The number of hydrogen-bond donors (Lipinski definition) is 1. The van der Waals surface area contributed by atoms with Crippen molar-refractivity contribution in [1.29, 1.82) is 10.5 Å². The minimum atomic E-state index is -2.89. The van der Waals surface area contributed by atoms with Crippen LogP contribution in [0.5, 0.6) is 11.8 Å². The molecule has 9 nitrogen and oxygen atoms in total. The van der Waals surface area contributed by atoms with E-state index in [4.69, 9.17) is 26.8 Å². The van der Waals surface area contributed by atoms with Crippen molar-refractivity contribution in [3.8, 4) is 35.0 Å². The molecule has 4 aromatic rings. The average Bonchev–Trinajstić information content (AvgIpc) is 3.67. The van der Waals surface area contributed by atoms with Gasteiger partial charge in [-0.1, -0.05) is 17.7 Å². The Morgan fingerprint density at radius 3 is 2.77 bits per heavy atom. The summed E-state index contributed by atoms with van der Waals surface area (Å²) in [5, 5.41) is 19.2. The largest absolute Gasteiger partial charge is 0.486 e. The molecule has 2 aromatic carbocycles. The zero-order valence-electron chi connectivity index (χ0n) is 25.4. The summed E-state index contributed by atoms with van der Waals surface area (Å²) >= 11 is 7.74. The van der Waals surface area contributed by atoms with Crippen molar-refractivity contribution in [2.24, 2.45) is 0 Å². The molecule has 0 bridgehead atoms. The lowest BCUT2D eigenvalue weighted by atomic mass is 9.95. The molecule has 2 N–H and O–H groups in total. The van der Waals surface area contributed by atoms with Crippen LogP contribution in [-0.4, -0.2) is 71.4 Å². The second-order valence-corrected chi connectivity index (χ2v) is 13.7. The number of nitrogen functional groups attached to an aromatic ring is 1. The number of rotatable bonds is 7. The van der Waals surface area contributed by atoms with Gasteiger partial charge in [-0.05, 0) is 37.9 Å². The number of alkyl halides is 3. The van der Waals surface area contributed by atoms with Gasteiger partial charge in [0.05, 0.1) is 51.3 Å². The van der Waals surface area contributed by atoms with E-state index < -0.39 is 54.0 Å².